The van der Waals surface area contributed by atoms with Gasteiger partial charge in [-0.05, 0) is 39.0 Å². The molecule has 0 unspecified atom stereocenters. The monoisotopic (exact) mass is 410 g/mol. The molecule has 0 saturated heterocycles. The smallest absolute Gasteiger partial charge is 0.237 e. The number of hydrogen-bond acceptors (Lipinski definition) is 6. The molecule has 2 heterocycles. The van der Waals surface area contributed by atoms with Crippen LogP contribution in [0.5, 0.6) is 0 Å². The van der Waals surface area contributed by atoms with E-state index in [2.05, 4.69) is 22.1 Å². The highest BCUT2D eigenvalue weighted by atomic mass is 32.2. The maximum atomic E-state index is 12.6. The molecule has 0 saturated carbocycles. The fourth-order valence-electron chi connectivity index (χ4n) is 2.76. The third kappa shape index (κ3) is 4.65. The molecule has 0 fully saturated rings. The average Bonchev–Trinajstić information content (AvgIpc) is 3.28. The highest BCUT2D eigenvalue weighted by Gasteiger charge is 2.22. The minimum absolute atomic E-state index is 0.0527. The summed E-state index contributed by atoms with van der Waals surface area (Å²) in [5, 5.41) is 11.6. The number of amides is 1. The van der Waals surface area contributed by atoms with Crippen molar-refractivity contribution in [2.75, 3.05) is 5.32 Å². The van der Waals surface area contributed by atoms with Crippen molar-refractivity contribution in [2.45, 2.75) is 37.7 Å². The number of aryl methyl sites for hydroxylation is 1. The minimum atomic E-state index is -0.429. The molecule has 1 N–H and O–H groups in total. The van der Waals surface area contributed by atoms with E-state index in [1.165, 1.54) is 18.7 Å². The lowest BCUT2D eigenvalue weighted by Gasteiger charge is -2.13. The number of carbonyl (C=O) groups excluding carboxylic acids is 2. The third-order valence-electron chi connectivity index (χ3n) is 4.32. The van der Waals surface area contributed by atoms with Crippen LogP contribution in [0, 0.1) is 6.92 Å². The lowest BCUT2D eigenvalue weighted by molar-refractivity contribution is -0.115. The second-order valence-electron chi connectivity index (χ2n) is 6.48. The molecule has 0 radical (unpaired) electrons. The van der Waals surface area contributed by atoms with Crippen LogP contribution in [-0.4, -0.2) is 31.7 Å². The maximum Gasteiger partial charge on any atom is 0.237 e. The Bertz CT molecular complexity index is 1050. The number of ketones is 1. The van der Waals surface area contributed by atoms with Gasteiger partial charge in [0.1, 0.15) is 5.76 Å². The van der Waals surface area contributed by atoms with Crippen molar-refractivity contribution in [3.05, 3.63) is 60.6 Å². The van der Waals surface area contributed by atoms with Crippen LogP contribution in [0.2, 0.25) is 0 Å². The number of furan rings is 1. The summed E-state index contributed by atoms with van der Waals surface area (Å²) >= 11 is 1.30. The fraction of sp³-hybridized carbons (Fsp3) is 0.238. The molecule has 1 aromatic carbocycles. The number of nitrogens with zero attached hydrogens (tertiary/aromatic N) is 3. The quantitative estimate of drug-likeness (QED) is 0.337. The number of nitrogens with one attached hydrogen (secondary N) is 1. The lowest BCUT2D eigenvalue weighted by atomic mass is 10.1. The molecule has 7 nitrogen and oxygen atoms in total. The van der Waals surface area contributed by atoms with E-state index in [1.807, 2.05) is 17.6 Å². The molecule has 0 aliphatic heterocycles. The summed E-state index contributed by atoms with van der Waals surface area (Å²) in [4.78, 5) is 24.2. The zero-order valence-electron chi connectivity index (χ0n) is 16.5. The Balaban J connectivity index is 1.77. The van der Waals surface area contributed by atoms with Crippen molar-refractivity contribution < 1.29 is 14.0 Å². The lowest BCUT2D eigenvalue weighted by Crippen LogP contribution is -2.23. The maximum absolute atomic E-state index is 12.6. The second-order valence-corrected chi connectivity index (χ2v) is 7.79. The number of allylic oxidation sites excluding steroid dienone is 1. The van der Waals surface area contributed by atoms with E-state index >= 15 is 0 Å². The van der Waals surface area contributed by atoms with E-state index in [9.17, 15) is 9.59 Å². The van der Waals surface area contributed by atoms with Crippen molar-refractivity contribution in [1.29, 1.82) is 0 Å². The first-order chi connectivity index (χ1) is 13.9. The number of rotatable bonds is 8. The van der Waals surface area contributed by atoms with Gasteiger partial charge < -0.3 is 9.73 Å². The van der Waals surface area contributed by atoms with Gasteiger partial charge in [-0.15, -0.1) is 16.8 Å². The predicted molar refractivity (Wildman–Crippen MR) is 113 cm³/mol. The normalized spacial score (nSPS) is 11.8. The molecule has 8 heteroatoms. The van der Waals surface area contributed by atoms with Crippen LogP contribution in [-0.2, 0) is 11.3 Å². The van der Waals surface area contributed by atoms with Crippen LogP contribution in [0.25, 0.3) is 11.4 Å². The van der Waals surface area contributed by atoms with Crippen molar-refractivity contribution in [1.82, 2.24) is 14.8 Å². The molecule has 0 aliphatic carbocycles. The largest absolute Gasteiger partial charge is 0.469 e. The van der Waals surface area contributed by atoms with Crippen LogP contribution in [0.1, 0.15) is 30.0 Å². The van der Waals surface area contributed by atoms with Gasteiger partial charge in [0, 0.05) is 17.8 Å². The Kier molecular flexibility index (Phi) is 6.33. The van der Waals surface area contributed by atoms with E-state index < -0.39 is 5.25 Å². The molecule has 1 amide bonds. The van der Waals surface area contributed by atoms with Crippen molar-refractivity contribution >= 4 is 29.1 Å². The topological polar surface area (TPSA) is 90.0 Å². The zero-order chi connectivity index (χ0) is 21.0. The van der Waals surface area contributed by atoms with Gasteiger partial charge in [0.25, 0.3) is 0 Å². The van der Waals surface area contributed by atoms with Crippen LogP contribution < -0.4 is 5.32 Å². The van der Waals surface area contributed by atoms with Crippen LogP contribution in [0.3, 0.4) is 0 Å². The van der Waals surface area contributed by atoms with Gasteiger partial charge in [-0.3, -0.25) is 14.2 Å². The summed E-state index contributed by atoms with van der Waals surface area (Å²) in [5.74, 6) is 1.17. The molecule has 2 aromatic heterocycles. The van der Waals surface area contributed by atoms with Gasteiger partial charge in [0.05, 0.1) is 17.1 Å². The average molecular weight is 410 g/mol. The van der Waals surface area contributed by atoms with Gasteiger partial charge >= 0.3 is 0 Å². The molecule has 3 rings (SSSR count). The van der Waals surface area contributed by atoms with Crippen LogP contribution >= 0.6 is 11.8 Å². The molecule has 0 bridgehead atoms. The third-order valence-corrected chi connectivity index (χ3v) is 5.40. The minimum Gasteiger partial charge on any atom is -0.469 e. The highest BCUT2D eigenvalue weighted by Crippen LogP contribution is 2.29. The number of benzene rings is 1. The van der Waals surface area contributed by atoms with Gasteiger partial charge in [0.2, 0.25) is 5.91 Å². The van der Waals surface area contributed by atoms with Gasteiger partial charge in [-0.2, -0.15) is 0 Å². The molecule has 0 spiro atoms. The van der Waals surface area contributed by atoms with E-state index in [0.29, 0.717) is 28.8 Å². The molecular weight excluding hydrogens is 388 g/mol. The SMILES string of the molecule is C=CCn1c(S[C@@H](C)C(=O)Nc2cccc(C(C)=O)c2)nnc1-c1ccoc1C. The van der Waals surface area contributed by atoms with E-state index in [-0.39, 0.29) is 11.7 Å². The molecule has 0 aliphatic rings. The predicted octanol–water partition coefficient (Wildman–Crippen LogP) is 4.35. The van der Waals surface area contributed by atoms with Crippen molar-refractivity contribution in [2.24, 2.45) is 0 Å². The number of carbonyl (C=O) groups is 2. The number of Topliss-reactive ketones (excluding diaryl/α,β-unsaturated/α-hetero) is 1. The molecule has 1 atom stereocenters. The summed E-state index contributed by atoms with van der Waals surface area (Å²) in [6.07, 6.45) is 3.36. The number of anilines is 1. The highest BCUT2D eigenvalue weighted by molar-refractivity contribution is 8.00. The molecule has 29 heavy (non-hydrogen) atoms. The molecule has 3 aromatic rings. The number of aromatic nitrogens is 3. The Labute approximate surface area is 173 Å². The van der Waals surface area contributed by atoms with Gasteiger partial charge in [0.15, 0.2) is 16.8 Å². The summed E-state index contributed by atoms with van der Waals surface area (Å²) in [7, 11) is 0. The Hall–Kier alpha value is -3.13. The molecular formula is C21H22N4O3S. The fourth-order valence-corrected chi connectivity index (χ4v) is 3.62. The van der Waals surface area contributed by atoms with Crippen LogP contribution in [0.15, 0.2) is 58.8 Å². The Morgan fingerprint density at radius 2 is 2.14 bits per heavy atom. The van der Waals surface area contributed by atoms with Crippen LogP contribution in [0.4, 0.5) is 5.69 Å². The van der Waals surface area contributed by atoms with E-state index in [0.717, 1.165) is 11.3 Å². The zero-order valence-corrected chi connectivity index (χ0v) is 17.3. The Morgan fingerprint density at radius 1 is 1.34 bits per heavy atom. The van der Waals surface area contributed by atoms with Crippen molar-refractivity contribution in [3.8, 4) is 11.4 Å². The summed E-state index contributed by atoms with van der Waals surface area (Å²) in [6.45, 7) is 9.45. The Morgan fingerprint density at radius 3 is 2.79 bits per heavy atom. The summed E-state index contributed by atoms with van der Waals surface area (Å²) in [6, 6.07) is 8.71. The van der Waals surface area contributed by atoms with Gasteiger partial charge in [-0.1, -0.05) is 30.0 Å². The first kappa shape index (κ1) is 20.6. The second kappa shape index (κ2) is 8.91. The van der Waals surface area contributed by atoms with E-state index in [4.69, 9.17) is 4.42 Å². The summed E-state index contributed by atoms with van der Waals surface area (Å²) < 4.78 is 7.27. The summed E-state index contributed by atoms with van der Waals surface area (Å²) in [5.41, 5.74) is 1.98. The van der Waals surface area contributed by atoms with Crippen molar-refractivity contribution in [3.63, 3.8) is 0 Å². The first-order valence-electron chi connectivity index (χ1n) is 9.07. The van der Waals surface area contributed by atoms with Gasteiger partial charge in [-0.25, -0.2) is 0 Å². The number of hydrogen-bond donors (Lipinski definition) is 1. The number of thioether (sulfide) groups is 1. The van der Waals surface area contributed by atoms with E-state index in [1.54, 1.807) is 43.5 Å². The molecule has 150 valence electrons. The standard InChI is InChI=1S/C21H22N4O3S/c1-5-10-25-19(18-9-11-28-14(18)3)23-24-21(25)29-15(4)20(27)22-17-8-6-7-16(12-17)13(2)26/h5-9,11-12,15H,1,10H2,2-4H3,(H,22,27)/t15-/m0/s1. The first-order valence-corrected chi connectivity index (χ1v) is 9.95.